The maximum atomic E-state index is 14.7. The first-order chi connectivity index (χ1) is 18.0. The number of halogens is 1. The summed E-state index contributed by atoms with van der Waals surface area (Å²) in [7, 11) is 0. The zero-order valence-electron chi connectivity index (χ0n) is 20.3. The van der Waals surface area contributed by atoms with Gasteiger partial charge in [-0.15, -0.1) is 0 Å². The molecule has 0 saturated carbocycles. The number of rotatable bonds is 4. The van der Waals surface area contributed by atoms with E-state index in [0.717, 1.165) is 16.8 Å². The van der Waals surface area contributed by atoms with Crippen LogP contribution in [0, 0.1) is 11.2 Å². The molecule has 6 rings (SSSR count). The van der Waals surface area contributed by atoms with E-state index in [-0.39, 0.29) is 25.3 Å². The Bertz CT molecular complexity index is 1380. The minimum absolute atomic E-state index is 0.162. The van der Waals surface area contributed by atoms with Crippen LogP contribution < -0.4 is 15.1 Å². The summed E-state index contributed by atoms with van der Waals surface area (Å²) < 4.78 is 14.7. The number of nitrogens with zero attached hydrogens (tertiary/aromatic N) is 3. The first kappa shape index (κ1) is 23.2. The molecule has 7 nitrogen and oxygen atoms in total. The minimum atomic E-state index is -1.51. The van der Waals surface area contributed by atoms with Crippen LogP contribution in [0.4, 0.5) is 20.6 Å². The molecule has 2 atom stereocenters. The summed E-state index contributed by atoms with van der Waals surface area (Å²) in [5.74, 6) is -1.42. The number of hydrogen-bond donors (Lipinski definition) is 1. The fraction of sp³-hybridized carbons (Fsp3) is 0.276. The molecule has 8 heteroatoms. The molecule has 2 fully saturated rings. The number of imide groups is 2. The first-order valence-electron chi connectivity index (χ1n) is 12.5. The van der Waals surface area contributed by atoms with Crippen LogP contribution in [0.3, 0.4) is 0 Å². The molecule has 2 saturated heterocycles. The number of fused-ring (bicyclic) bond motifs is 4. The van der Waals surface area contributed by atoms with Crippen molar-refractivity contribution in [3.05, 3.63) is 95.8 Å². The van der Waals surface area contributed by atoms with E-state index in [1.807, 2.05) is 59.5 Å². The van der Waals surface area contributed by atoms with E-state index < -0.39 is 29.3 Å². The van der Waals surface area contributed by atoms with Crippen LogP contribution in [0.5, 0.6) is 0 Å². The Kier molecular flexibility index (Phi) is 5.67. The molecule has 1 N–H and O–H groups in total. The summed E-state index contributed by atoms with van der Waals surface area (Å²) in [4.78, 5) is 46.0. The molecule has 0 aliphatic carbocycles. The Morgan fingerprint density at radius 3 is 2.35 bits per heavy atom. The van der Waals surface area contributed by atoms with Crippen LogP contribution in [0.25, 0.3) is 0 Å². The van der Waals surface area contributed by atoms with Gasteiger partial charge in [0.25, 0.3) is 0 Å². The highest BCUT2D eigenvalue weighted by Crippen LogP contribution is 2.46. The first-order valence-corrected chi connectivity index (χ1v) is 12.5. The van der Waals surface area contributed by atoms with Crippen molar-refractivity contribution in [2.24, 2.45) is 5.41 Å². The molecule has 3 aliphatic rings. The number of carbonyl (C=O) groups is 3. The predicted molar refractivity (Wildman–Crippen MR) is 138 cm³/mol. The van der Waals surface area contributed by atoms with Gasteiger partial charge in [-0.1, -0.05) is 60.7 Å². The number of nitrogens with one attached hydrogen (secondary N) is 1. The van der Waals surface area contributed by atoms with Crippen molar-refractivity contribution in [3.8, 4) is 0 Å². The number of carbonyl (C=O) groups excluding carboxylic acids is 3. The summed E-state index contributed by atoms with van der Waals surface area (Å²) >= 11 is 0. The van der Waals surface area contributed by atoms with Crippen molar-refractivity contribution < 1.29 is 18.8 Å². The number of anilines is 2. The van der Waals surface area contributed by atoms with Gasteiger partial charge in [0.05, 0.1) is 11.7 Å². The second-order valence-electron chi connectivity index (χ2n) is 9.84. The molecule has 0 unspecified atom stereocenters. The molecule has 1 spiro atoms. The molecule has 188 valence electrons. The predicted octanol–water partition coefficient (Wildman–Crippen LogP) is 3.38. The number of benzene rings is 3. The molecular formula is C29H27FN4O3. The van der Waals surface area contributed by atoms with Crippen molar-refractivity contribution in [3.63, 3.8) is 0 Å². The Morgan fingerprint density at radius 1 is 0.865 bits per heavy atom. The Balaban J connectivity index is 1.40. The molecular weight excluding hydrogens is 471 g/mol. The zero-order valence-corrected chi connectivity index (χ0v) is 20.3. The minimum Gasteiger partial charge on any atom is -0.365 e. The lowest BCUT2D eigenvalue weighted by molar-refractivity contribution is -0.153. The molecule has 3 aliphatic heterocycles. The van der Waals surface area contributed by atoms with Crippen LogP contribution in [-0.4, -0.2) is 55.0 Å². The van der Waals surface area contributed by atoms with E-state index >= 15 is 0 Å². The third-order valence-corrected chi connectivity index (χ3v) is 7.88. The van der Waals surface area contributed by atoms with Crippen molar-refractivity contribution >= 4 is 29.2 Å². The lowest BCUT2D eigenvalue weighted by Gasteiger charge is -2.55. The van der Waals surface area contributed by atoms with Gasteiger partial charge in [0.1, 0.15) is 5.82 Å². The summed E-state index contributed by atoms with van der Waals surface area (Å²) in [5.41, 5.74) is 1.78. The fourth-order valence-electron chi connectivity index (χ4n) is 6.02. The average Bonchev–Trinajstić information content (AvgIpc) is 2.92. The standard InChI is InChI=1S/C29H27FN4O3/c30-22-11-5-7-13-24(22)32-16-17-33-23-12-6-4-10-21(23)18-29(25(33)19-32)26(35)31-28(37)34(27(29)36)15-14-20-8-2-1-3-9-20/h1-13,25H,14-19H2,(H,31,35,37)/t25-,29-/m0/s1. The summed E-state index contributed by atoms with van der Waals surface area (Å²) in [5, 5.41) is 2.49. The molecule has 37 heavy (non-hydrogen) atoms. The van der Waals surface area contributed by atoms with Crippen molar-refractivity contribution in [2.45, 2.75) is 18.9 Å². The molecule has 0 radical (unpaired) electrons. The molecule has 3 aromatic rings. The molecule has 4 amide bonds. The molecule has 3 heterocycles. The number of amides is 4. The Hall–Kier alpha value is -4.20. The maximum Gasteiger partial charge on any atom is 0.330 e. The van der Waals surface area contributed by atoms with Gasteiger partial charge in [0.15, 0.2) is 5.41 Å². The van der Waals surface area contributed by atoms with E-state index in [0.29, 0.717) is 25.2 Å². The van der Waals surface area contributed by atoms with Crippen molar-refractivity contribution in [2.75, 3.05) is 36.0 Å². The van der Waals surface area contributed by atoms with Crippen LogP contribution in [-0.2, 0) is 22.4 Å². The average molecular weight is 499 g/mol. The number of para-hydroxylation sites is 2. The van der Waals surface area contributed by atoms with Crippen molar-refractivity contribution in [1.29, 1.82) is 0 Å². The van der Waals surface area contributed by atoms with Gasteiger partial charge in [-0.2, -0.15) is 0 Å². The Morgan fingerprint density at radius 2 is 1.57 bits per heavy atom. The van der Waals surface area contributed by atoms with Gasteiger partial charge in [0.2, 0.25) is 11.8 Å². The maximum absolute atomic E-state index is 14.7. The van der Waals surface area contributed by atoms with Gasteiger partial charge < -0.3 is 9.80 Å². The molecule has 3 aromatic carbocycles. The Labute approximate surface area is 214 Å². The van der Waals surface area contributed by atoms with E-state index in [1.54, 1.807) is 18.2 Å². The summed E-state index contributed by atoms with van der Waals surface area (Å²) in [6.45, 7) is 1.48. The van der Waals surface area contributed by atoms with Crippen LogP contribution >= 0.6 is 0 Å². The smallest absolute Gasteiger partial charge is 0.330 e. The third-order valence-electron chi connectivity index (χ3n) is 7.88. The van der Waals surface area contributed by atoms with E-state index in [4.69, 9.17) is 0 Å². The van der Waals surface area contributed by atoms with Crippen molar-refractivity contribution in [1.82, 2.24) is 10.2 Å². The van der Waals surface area contributed by atoms with E-state index in [9.17, 15) is 18.8 Å². The highest BCUT2D eigenvalue weighted by Gasteiger charge is 2.62. The van der Waals surface area contributed by atoms with Gasteiger partial charge in [-0.05, 0) is 42.2 Å². The van der Waals surface area contributed by atoms with Crippen LogP contribution in [0.2, 0.25) is 0 Å². The number of barbiturate groups is 1. The fourth-order valence-corrected chi connectivity index (χ4v) is 6.02. The topological polar surface area (TPSA) is 73.0 Å². The van der Waals surface area contributed by atoms with E-state index in [1.165, 1.54) is 11.0 Å². The summed E-state index contributed by atoms with van der Waals surface area (Å²) in [6.07, 6.45) is 0.659. The normalized spacial score (nSPS) is 23.1. The third kappa shape index (κ3) is 3.75. The highest BCUT2D eigenvalue weighted by atomic mass is 19.1. The number of urea groups is 1. The zero-order chi connectivity index (χ0) is 25.6. The largest absolute Gasteiger partial charge is 0.365 e. The van der Waals surface area contributed by atoms with Gasteiger partial charge >= 0.3 is 6.03 Å². The SMILES string of the molecule is O=C1NC(=O)[C@@]2(Cc3ccccc3N3CCN(c4ccccc4F)C[C@H]32)C(=O)N1CCc1ccccc1. The lowest BCUT2D eigenvalue weighted by Crippen LogP contribution is -2.75. The molecule has 0 bridgehead atoms. The highest BCUT2D eigenvalue weighted by molar-refractivity contribution is 6.20. The van der Waals surface area contributed by atoms with Crippen LogP contribution in [0.15, 0.2) is 78.9 Å². The number of piperazine rings is 1. The summed E-state index contributed by atoms with van der Waals surface area (Å²) in [6, 6.07) is 22.7. The van der Waals surface area contributed by atoms with Crippen LogP contribution in [0.1, 0.15) is 11.1 Å². The monoisotopic (exact) mass is 498 g/mol. The van der Waals surface area contributed by atoms with Gasteiger partial charge in [-0.25, -0.2) is 9.18 Å². The number of hydrogen-bond acceptors (Lipinski definition) is 5. The lowest BCUT2D eigenvalue weighted by atomic mass is 9.67. The molecule has 0 aromatic heterocycles. The second kappa shape index (κ2) is 9.03. The van der Waals surface area contributed by atoms with E-state index in [2.05, 4.69) is 10.2 Å². The van der Waals surface area contributed by atoms with Gasteiger partial charge in [-0.3, -0.25) is 19.8 Å². The second-order valence-corrected chi connectivity index (χ2v) is 9.84. The quantitative estimate of drug-likeness (QED) is 0.559. The van der Waals surface area contributed by atoms with Gasteiger partial charge in [0, 0.05) is 31.9 Å².